The van der Waals surface area contributed by atoms with E-state index in [0.717, 1.165) is 36.1 Å². The Morgan fingerprint density at radius 3 is 2.22 bits per heavy atom. The number of halogens is 4. The molecule has 1 fully saturated rings. The number of piperidine rings is 1. The number of hydrogen-bond donors (Lipinski definition) is 0. The molecule has 0 amide bonds. The third-order valence-corrected chi connectivity index (χ3v) is 10.1. The molecule has 0 aliphatic carbocycles. The van der Waals surface area contributed by atoms with Gasteiger partial charge < -0.3 is 18.8 Å². The summed E-state index contributed by atoms with van der Waals surface area (Å²) in [6, 6.07) is 18.6. The first kappa shape index (κ1) is 34.9. The fourth-order valence-electron chi connectivity index (χ4n) is 5.03. The number of methoxy groups -OCH3 is 2. The highest BCUT2D eigenvalue weighted by atomic mass is 79.9. The van der Waals surface area contributed by atoms with Crippen molar-refractivity contribution < 1.29 is 31.4 Å². The van der Waals surface area contributed by atoms with Gasteiger partial charge in [0.1, 0.15) is 5.75 Å². The molecule has 3 aromatic carbocycles. The van der Waals surface area contributed by atoms with Gasteiger partial charge in [-0.2, -0.15) is 4.31 Å². The standard InChI is InChI=1S/C31H32ClF2N3O5S2.BrH/c1-40-28-15-6-22(20-29(28)41-2)16-19-37-27(21-43-30(37)35-24-9-11-25(12-10-24)42-31(32,33)34)23-7-13-26(14-8-23)44(38,39)36-17-4-3-5-18-36;/h6-15,20-21H,3-5,16-19H2,1-2H3;1H. The van der Waals surface area contributed by atoms with Crippen molar-refractivity contribution in [1.82, 2.24) is 8.87 Å². The van der Waals surface area contributed by atoms with Crippen molar-refractivity contribution in [3.63, 3.8) is 0 Å². The van der Waals surface area contributed by atoms with Gasteiger partial charge in [-0.15, -0.1) is 37.1 Å². The van der Waals surface area contributed by atoms with E-state index in [1.165, 1.54) is 23.5 Å². The summed E-state index contributed by atoms with van der Waals surface area (Å²) in [5, 5.41) is 1.97. The fourth-order valence-corrected chi connectivity index (χ4v) is 7.59. The van der Waals surface area contributed by atoms with Gasteiger partial charge in [-0.05, 0) is 78.9 Å². The molecule has 242 valence electrons. The van der Waals surface area contributed by atoms with E-state index < -0.39 is 15.6 Å². The number of hydrogen-bond acceptors (Lipinski definition) is 7. The molecular weight excluding hydrogens is 712 g/mol. The molecular formula is C31H33BrClF2N3O5S2. The van der Waals surface area contributed by atoms with Gasteiger partial charge in [0.2, 0.25) is 10.0 Å². The molecule has 0 N–H and O–H groups in total. The minimum atomic E-state index is -3.81. The molecule has 45 heavy (non-hydrogen) atoms. The van der Waals surface area contributed by atoms with Crippen LogP contribution in [-0.2, 0) is 23.0 Å². The number of aryl methyl sites for hydroxylation is 1. The summed E-state index contributed by atoms with van der Waals surface area (Å²) in [6.45, 7) is 1.62. The Hall–Kier alpha value is -2.97. The Morgan fingerprint density at radius 1 is 0.933 bits per heavy atom. The third-order valence-electron chi connectivity index (χ3n) is 7.27. The van der Waals surface area contributed by atoms with E-state index in [9.17, 15) is 17.2 Å². The quantitative estimate of drug-likeness (QED) is 0.148. The van der Waals surface area contributed by atoms with Crippen molar-refractivity contribution in [2.45, 2.75) is 42.7 Å². The zero-order valence-electron chi connectivity index (χ0n) is 24.6. The molecule has 0 saturated carbocycles. The summed E-state index contributed by atoms with van der Waals surface area (Å²) in [5.74, 6) is 1.17. The molecule has 0 atom stereocenters. The molecule has 1 aliphatic rings. The van der Waals surface area contributed by atoms with Gasteiger partial charge >= 0.3 is 5.57 Å². The number of aromatic nitrogens is 1. The third kappa shape index (κ3) is 8.64. The maximum atomic E-state index is 13.2. The van der Waals surface area contributed by atoms with E-state index in [1.54, 1.807) is 42.8 Å². The smallest absolute Gasteiger partial charge is 0.487 e. The molecule has 0 spiro atoms. The van der Waals surface area contributed by atoms with Crippen LogP contribution in [-0.4, -0.2) is 50.2 Å². The Labute approximate surface area is 280 Å². The first-order valence-electron chi connectivity index (χ1n) is 14.0. The van der Waals surface area contributed by atoms with Crippen LogP contribution in [0.2, 0.25) is 0 Å². The van der Waals surface area contributed by atoms with Gasteiger partial charge in [-0.1, -0.05) is 24.6 Å². The molecule has 4 aromatic rings. The number of thiazole rings is 1. The van der Waals surface area contributed by atoms with E-state index >= 15 is 0 Å². The molecule has 0 radical (unpaired) electrons. The van der Waals surface area contributed by atoms with E-state index in [0.29, 0.717) is 48.0 Å². The van der Waals surface area contributed by atoms with Gasteiger partial charge in [-0.25, -0.2) is 13.4 Å². The Morgan fingerprint density at radius 2 is 1.60 bits per heavy atom. The SMILES string of the molecule is Br.COc1ccc(CCn2c(-c3ccc(S(=O)(=O)N4CCCCC4)cc3)csc2=Nc2ccc(OC(F)(F)Cl)cc2)cc1OC. The molecule has 0 unspecified atom stereocenters. The Bertz CT molecular complexity index is 1750. The monoisotopic (exact) mass is 743 g/mol. The molecule has 14 heteroatoms. The number of nitrogens with zero attached hydrogens (tertiary/aromatic N) is 3. The first-order chi connectivity index (χ1) is 21.1. The maximum Gasteiger partial charge on any atom is 0.487 e. The van der Waals surface area contributed by atoms with Crippen LogP contribution in [0, 0.1) is 0 Å². The highest BCUT2D eigenvalue weighted by molar-refractivity contribution is 8.93. The number of benzene rings is 3. The number of ether oxygens (including phenoxy) is 3. The molecule has 5 rings (SSSR count). The fraction of sp³-hybridized carbons (Fsp3) is 0.323. The lowest BCUT2D eigenvalue weighted by atomic mass is 10.1. The van der Waals surface area contributed by atoms with E-state index in [-0.39, 0.29) is 27.6 Å². The zero-order valence-corrected chi connectivity index (χ0v) is 28.7. The van der Waals surface area contributed by atoms with Crippen molar-refractivity contribution in [1.29, 1.82) is 0 Å². The number of alkyl halides is 3. The minimum absolute atomic E-state index is 0. The normalized spacial score (nSPS) is 14.6. The largest absolute Gasteiger partial charge is 0.493 e. The van der Waals surface area contributed by atoms with E-state index in [4.69, 9.17) is 26.1 Å². The summed E-state index contributed by atoms with van der Waals surface area (Å²) < 4.78 is 71.3. The van der Waals surface area contributed by atoms with E-state index in [2.05, 4.69) is 4.74 Å². The average Bonchev–Trinajstić information content (AvgIpc) is 3.42. The lowest BCUT2D eigenvalue weighted by Crippen LogP contribution is -2.35. The second-order valence-electron chi connectivity index (χ2n) is 10.1. The zero-order chi connectivity index (χ0) is 31.3. The molecule has 1 saturated heterocycles. The van der Waals surface area contributed by atoms with Gasteiger partial charge in [0.25, 0.3) is 0 Å². The predicted molar refractivity (Wildman–Crippen MR) is 177 cm³/mol. The van der Waals surface area contributed by atoms with Crippen molar-refractivity contribution in [2.24, 2.45) is 4.99 Å². The summed E-state index contributed by atoms with van der Waals surface area (Å²) in [4.78, 5) is 5.71. The van der Waals surface area contributed by atoms with Crippen LogP contribution in [0.25, 0.3) is 11.3 Å². The molecule has 8 nitrogen and oxygen atoms in total. The molecule has 1 aromatic heterocycles. The summed E-state index contributed by atoms with van der Waals surface area (Å²) in [6.07, 6.45) is 3.42. The van der Waals surface area contributed by atoms with Crippen LogP contribution >= 0.6 is 39.9 Å². The second kappa shape index (κ2) is 15.1. The van der Waals surface area contributed by atoms with Crippen molar-refractivity contribution in [2.75, 3.05) is 27.3 Å². The van der Waals surface area contributed by atoms with Gasteiger partial charge in [0, 0.05) is 36.6 Å². The highest BCUT2D eigenvalue weighted by Crippen LogP contribution is 2.30. The lowest BCUT2D eigenvalue weighted by molar-refractivity contribution is -0.0964. The van der Waals surface area contributed by atoms with Crippen LogP contribution in [0.3, 0.4) is 0 Å². The molecule has 0 bridgehead atoms. The van der Waals surface area contributed by atoms with Gasteiger partial charge in [0.05, 0.1) is 30.5 Å². The van der Waals surface area contributed by atoms with Gasteiger partial charge in [0.15, 0.2) is 16.3 Å². The van der Waals surface area contributed by atoms with Crippen molar-refractivity contribution in [3.05, 3.63) is 82.5 Å². The van der Waals surface area contributed by atoms with Crippen LogP contribution in [0.5, 0.6) is 17.2 Å². The number of rotatable bonds is 11. The van der Waals surface area contributed by atoms with Crippen LogP contribution < -0.4 is 19.0 Å². The average molecular weight is 745 g/mol. The Balaban J connectivity index is 0.00000461. The van der Waals surface area contributed by atoms with Crippen molar-refractivity contribution in [3.8, 4) is 28.5 Å². The second-order valence-corrected chi connectivity index (χ2v) is 13.4. The topological polar surface area (TPSA) is 82.4 Å². The summed E-state index contributed by atoms with van der Waals surface area (Å²) >= 11 is 6.30. The lowest BCUT2D eigenvalue weighted by Gasteiger charge is -2.25. The maximum absolute atomic E-state index is 13.2. The van der Waals surface area contributed by atoms with Crippen LogP contribution in [0.1, 0.15) is 24.8 Å². The van der Waals surface area contributed by atoms with Crippen LogP contribution in [0.4, 0.5) is 14.5 Å². The summed E-state index contributed by atoms with van der Waals surface area (Å²) in [7, 11) is -0.385. The Kier molecular flexibility index (Phi) is 11.7. The van der Waals surface area contributed by atoms with Gasteiger partial charge in [-0.3, -0.25) is 0 Å². The summed E-state index contributed by atoms with van der Waals surface area (Å²) in [5.41, 5.74) is -0.563. The van der Waals surface area contributed by atoms with E-state index in [1.807, 2.05) is 40.3 Å². The molecule has 1 aliphatic heterocycles. The van der Waals surface area contributed by atoms with Crippen LogP contribution in [0.15, 0.2) is 82.0 Å². The highest BCUT2D eigenvalue weighted by Gasteiger charge is 2.28. The first-order valence-corrected chi connectivity index (χ1v) is 16.7. The molecule has 2 heterocycles. The van der Waals surface area contributed by atoms with Crippen molar-refractivity contribution >= 4 is 55.6 Å². The number of sulfonamides is 1. The minimum Gasteiger partial charge on any atom is -0.493 e. The predicted octanol–water partition coefficient (Wildman–Crippen LogP) is 7.63.